The largest absolute Gasteiger partial charge is 0.0622 e. The van der Waals surface area contributed by atoms with E-state index in [-0.39, 0.29) is 7.92 Å². The molecule has 0 aromatic heterocycles. The Morgan fingerprint density at radius 1 is 0.679 bits per heavy atom. The topological polar surface area (TPSA) is 0 Å². The Hall–Kier alpha value is -1.13. The molecule has 1 heteroatoms. The van der Waals surface area contributed by atoms with Crippen LogP contribution in [-0.2, 0) is 0 Å². The third kappa shape index (κ3) is 4.38. The van der Waals surface area contributed by atoms with Gasteiger partial charge in [-0.05, 0) is 67.1 Å². The van der Waals surface area contributed by atoms with Crippen molar-refractivity contribution in [3.63, 3.8) is 0 Å². The summed E-state index contributed by atoms with van der Waals surface area (Å²) in [5, 5.41) is 3.13. The van der Waals surface area contributed by atoms with Crippen LogP contribution in [0.4, 0.5) is 0 Å². The molecule has 0 spiro atoms. The molecule has 3 unspecified atom stereocenters. The maximum absolute atomic E-state index is 2.60. The third-order valence-electron chi connectivity index (χ3n) is 7.70. The average Bonchev–Trinajstić information content (AvgIpc) is 2.76. The fraction of sp³-hybridized carbons (Fsp3) is 0.556. The molecule has 2 saturated carbocycles. The standard InChI is InChI=1S/C27H37P/c1-21-13-9-10-18-25(21)27-20-12-11-19-26(27)22(2)28(23-14-5-3-6-15-23)24-16-7-4-8-17-24/h3-8,14-17,21-22,25-27H,9-13,18-20H2,1-2H3/t21?,22?,25?,26-,27-/m0/s1. The van der Waals surface area contributed by atoms with Crippen LogP contribution >= 0.6 is 7.92 Å². The molecule has 28 heavy (non-hydrogen) atoms. The first-order valence-corrected chi connectivity index (χ1v) is 13.1. The number of rotatable bonds is 5. The lowest BCUT2D eigenvalue weighted by atomic mass is 9.64. The summed E-state index contributed by atoms with van der Waals surface area (Å²) in [6.45, 7) is 5.15. The van der Waals surface area contributed by atoms with Crippen LogP contribution in [0, 0.1) is 23.7 Å². The molecule has 2 aromatic carbocycles. The summed E-state index contributed by atoms with van der Waals surface area (Å²) in [6, 6.07) is 22.8. The molecule has 0 radical (unpaired) electrons. The van der Waals surface area contributed by atoms with Gasteiger partial charge in [-0.25, -0.2) is 0 Å². The molecule has 0 nitrogen and oxygen atoms in total. The smallest absolute Gasteiger partial charge is 0.0126 e. The van der Waals surface area contributed by atoms with Gasteiger partial charge in [-0.1, -0.05) is 107 Å². The van der Waals surface area contributed by atoms with Crippen LogP contribution in [0.2, 0.25) is 0 Å². The van der Waals surface area contributed by atoms with E-state index in [1.165, 1.54) is 51.4 Å². The van der Waals surface area contributed by atoms with Crippen molar-refractivity contribution in [3.05, 3.63) is 60.7 Å². The van der Waals surface area contributed by atoms with E-state index >= 15 is 0 Å². The van der Waals surface area contributed by atoms with Crippen molar-refractivity contribution in [2.75, 3.05) is 0 Å². The molecule has 2 aliphatic rings. The first-order chi connectivity index (χ1) is 13.8. The molecule has 2 aliphatic carbocycles. The molecule has 150 valence electrons. The Balaban J connectivity index is 1.65. The highest BCUT2D eigenvalue weighted by Gasteiger charge is 2.40. The summed E-state index contributed by atoms with van der Waals surface area (Å²) in [5.74, 6) is 3.76. The summed E-state index contributed by atoms with van der Waals surface area (Å²) >= 11 is 0. The average molecular weight is 393 g/mol. The fourth-order valence-electron chi connectivity index (χ4n) is 6.29. The fourth-order valence-corrected chi connectivity index (χ4v) is 9.27. The van der Waals surface area contributed by atoms with Gasteiger partial charge in [-0.15, -0.1) is 0 Å². The predicted molar refractivity (Wildman–Crippen MR) is 125 cm³/mol. The Morgan fingerprint density at radius 3 is 1.75 bits per heavy atom. The zero-order valence-electron chi connectivity index (χ0n) is 17.8. The van der Waals surface area contributed by atoms with Gasteiger partial charge >= 0.3 is 0 Å². The van der Waals surface area contributed by atoms with E-state index in [2.05, 4.69) is 74.5 Å². The van der Waals surface area contributed by atoms with Crippen molar-refractivity contribution >= 4 is 18.5 Å². The van der Waals surface area contributed by atoms with E-state index < -0.39 is 0 Å². The minimum atomic E-state index is -0.297. The lowest BCUT2D eigenvalue weighted by Crippen LogP contribution is -2.38. The lowest BCUT2D eigenvalue weighted by Gasteiger charge is -2.46. The Bertz CT molecular complexity index is 670. The molecule has 0 saturated heterocycles. The molecular weight excluding hydrogens is 355 g/mol. The molecule has 2 aromatic rings. The van der Waals surface area contributed by atoms with E-state index in [0.717, 1.165) is 29.3 Å². The first-order valence-electron chi connectivity index (χ1n) is 11.6. The summed E-state index contributed by atoms with van der Waals surface area (Å²) in [5.41, 5.74) is 0.763. The molecule has 0 bridgehead atoms. The quantitative estimate of drug-likeness (QED) is 0.474. The van der Waals surface area contributed by atoms with Gasteiger partial charge in [-0.2, -0.15) is 0 Å². The van der Waals surface area contributed by atoms with E-state index in [0.29, 0.717) is 0 Å². The summed E-state index contributed by atoms with van der Waals surface area (Å²) in [6.07, 6.45) is 11.7. The van der Waals surface area contributed by atoms with Gasteiger partial charge in [0.2, 0.25) is 0 Å². The Labute approximate surface area is 173 Å². The first kappa shape index (κ1) is 20.2. The number of benzene rings is 2. The van der Waals surface area contributed by atoms with Crippen molar-refractivity contribution in [1.29, 1.82) is 0 Å². The predicted octanol–water partition coefficient (Wildman–Crippen LogP) is 7.14. The van der Waals surface area contributed by atoms with E-state index in [9.17, 15) is 0 Å². The normalized spacial score (nSPS) is 29.5. The minimum Gasteiger partial charge on any atom is -0.0622 e. The van der Waals surface area contributed by atoms with Crippen LogP contribution in [0.3, 0.4) is 0 Å². The lowest BCUT2D eigenvalue weighted by molar-refractivity contribution is 0.0891. The zero-order chi connectivity index (χ0) is 19.3. The van der Waals surface area contributed by atoms with Gasteiger partial charge < -0.3 is 0 Å². The second-order valence-corrected chi connectivity index (χ2v) is 11.9. The van der Waals surface area contributed by atoms with Crippen LogP contribution in [0.25, 0.3) is 0 Å². The maximum atomic E-state index is 2.60. The number of hydrogen-bond donors (Lipinski definition) is 0. The van der Waals surface area contributed by atoms with Gasteiger partial charge in [0.1, 0.15) is 0 Å². The zero-order valence-corrected chi connectivity index (χ0v) is 18.7. The molecule has 0 aliphatic heterocycles. The molecular formula is C27H37P. The maximum Gasteiger partial charge on any atom is -0.0126 e. The second-order valence-electron chi connectivity index (χ2n) is 9.32. The van der Waals surface area contributed by atoms with Crippen LogP contribution < -0.4 is 10.6 Å². The van der Waals surface area contributed by atoms with E-state index in [1.807, 2.05) is 0 Å². The third-order valence-corrected chi connectivity index (χ3v) is 10.6. The summed E-state index contributed by atoms with van der Waals surface area (Å²) in [7, 11) is -0.297. The van der Waals surface area contributed by atoms with Gasteiger partial charge in [0.05, 0.1) is 0 Å². The van der Waals surface area contributed by atoms with Crippen molar-refractivity contribution in [1.82, 2.24) is 0 Å². The van der Waals surface area contributed by atoms with E-state index in [1.54, 1.807) is 10.6 Å². The molecule has 2 fully saturated rings. The Kier molecular flexibility index (Phi) is 6.90. The van der Waals surface area contributed by atoms with Crippen LogP contribution in [0.15, 0.2) is 60.7 Å². The highest BCUT2D eigenvalue weighted by atomic mass is 31.1. The minimum absolute atomic E-state index is 0.297. The van der Waals surface area contributed by atoms with Gasteiger partial charge in [0.25, 0.3) is 0 Å². The molecule has 5 atom stereocenters. The number of hydrogen-bond acceptors (Lipinski definition) is 0. The van der Waals surface area contributed by atoms with Crippen molar-refractivity contribution in [2.45, 2.75) is 70.9 Å². The van der Waals surface area contributed by atoms with Gasteiger partial charge in [-0.3, -0.25) is 0 Å². The van der Waals surface area contributed by atoms with Crippen molar-refractivity contribution in [2.24, 2.45) is 23.7 Å². The van der Waals surface area contributed by atoms with Gasteiger partial charge in [0, 0.05) is 0 Å². The molecule has 0 amide bonds. The van der Waals surface area contributed by atoms with Crippen LogP contribution in [-0.4, -0.2) is 5.66 Å². The highest BCUT2D eigenvalue weighted by molar-refractivity contribution is 7.73. The van der Waals surface area contributed by atoms with Gasteiger partial charge in [0.15, 0.2) is 0 Å². The second kappa shape index (κ2) is 9.58. The molecule has 0 heterocycles. The summed E-state index contributed by atoms with van der Waals surface area (Å²) in [4.78, 5) is 0. The molecule has 0 N–H and O–H groups in total. The highest BCUT2D eigenvalue weighted by Crippen LogP contribution is 2.52. The van der Waals surface area contributed by atoms with Crippen molar-refractivity contribution < 1.29 is 0 Å². The Morgan fingerprint density at radius 2 is 1.18 bits per heavy atom. The van der Waals surface area contributed by atoms with Crippen molar-refractivity contribution in [3.8, 4) is 0 Å². The molecule has 4 rings (SSSR count). The van der Waals surface area contributed by atoms with Crippen LogP contribution in [0.5, 0.6) is 0 Å². The van der Waals surface area contributed by atoms with E-state index in [4.69, 9.17) is 0 Å². The summed E-state index contributed by atoms with van der Waals surface area (Å²) < 4.78 is 0. The monoisotopic (exact) mass is 392 g/mol. The SMILES string of the molecule is CC1CCCCC1[C@@H]1CCCC[C@H]1C(C)P(c1ccccc1)c1ccccc1. The van der Waals surface area contributed by atoms with Crippen LogP contribution in [0.1, 0.15) is 65.2 Å².